The Morgan fingerprint density at radius 3 is 2.17 bits per heavy atom. The quantitative estimate of drug-likeness (QED) is 0.514. The van der Waals surface area contributed by atoms with Crippen molar-refractivity contribution in [1.82, 2.24) is 4.98 Å². The highest BCUT2D eigenvalue weighted by molar-refractivity contribution is 5.90. The Kier molecular flexibility index (Phi) is 7.84. The zero-order valence-corrected chi connectivity index (χ0v) is 17.6. The predicted octanol–water partition coefficient (Wildman–Crippen LogP) is 5.04. The highest BCUT2D eigenvalue weighted by Gasteiger charge is 2.08. The summed E-state index contributed by atoms with van der Waals surface area (Å²) in [6, 6.07) is 17.8. The van der Waals surface area contributed by atoms with Gasteiger partial charge in [-0.05, 0) is 79.8 Å². The van der Waals surface area contributed by atoms with E-state index in [1.807, 2.05) is 68.4 Å². The number of nitrogens with zero attached hydrogens (tertiary/aromatic N) is 1. The van der Waals surface area contributed by atoms with Crippen LogP contribution in [-0.2, 0) is 17.6 Å². The largest absolute Gasteiger partial charge is 0.490 e. The van der Waals surface area contributed by atoms with Gasteiger partial charge in [0.2, 0.25) is 5.91 Å². The normalized spacial score (nSPS) is 10.5. The van der Waals surface area contributed by atoms with Gasteiger partial charge in [0.1, 0.15) is 0 Å². The fourth-order valence-corrected chi connectivity index (χ4v) is 3.17. The van der Waals surface area contributed by atoms with E-state index < -0.39 is 0 Å². The summed E-state index contributed by atoms with van der Waals surface area (Å²) < 4.78 is 11.2. The van der Waals surface area contributed by atoms with Crippen LogP contribution in [0.15, 0.2) is 67.0 Å². The highest BCUT2D eigenvalue weighted by Crippen LogP contribution is 2.29. The fraction of sp³-hybridized carbons (Fsp3) is 0.280. The number of anilines is 1. The fourth-order valence-electron chi connectivity index (χ4n) is 3.17. The van der Waals surface area contributed by atoms with E-state index >= 15 is 0 Å². The van der Waals surface area contributed by atoms with Gasteiger partial charge in [0.05, 0.1) is 13.2 Å². The number of pyridine rings is 1. The number of ether oxygens (including phenoxy) is 2. The number of carbonyl (C=O) groups is 1. The van der Waals surface area contributed by atoms with Crippen LogP contribution in [-0.4, -0.2) is 24.1 Å². The third-order valence-corrected chi connectivity index (χ3v) is 4.64. The van der Waals surface area contributed by atoms with Gasteiger partial charge in [0.25, 0.3) is 0 Å². The number of rotatable bonds is 10. The van der Waals surface area contributed by atoms with Gasteiger partial charge in [-0.2, -0.15) is 0 Å². The molecule has 0 spiro atoms. The molecule has 5 nitrogen and oxygen atoms in total. The second-order valence-electron chi connectivity index (χ2n) is 6.92. The van der Waals surface area contributed by atoms with Crippen molar-refractivity contribution < 1.29 is 14.3 Å². The third kappa shape index (κ3) is 6.34. The van der Waals surface area contributed by atoms with Crippen LogP contribution in [0.5, 0.6) is 11.5 Å². The summed E-state index contributed by atoms with van der Waals surface area (Å²) in [6.45, 7) is 5.04. The summed E-state index contributed by atoms with van der Waals surface area (Å²) >= 11 is 0. The second kappa shape index (κ2) is 11.0. The summed E-state index contributed by atoms with van der Waals surface area (Å²) in [5, 5.41) is 2.97. The van der Waals surface area contributed by atoms with E-state index in [0.717, 1.165) is 29.2 Å². The van der Waals surface area contributed by atoms with Crippen molar-refractivity contribution in [1.29, 1.82) is 0 Å². The molecule has 0 fully saturated rings. The van der Waals surface area contributed by atoms with Crippen molar-refractivity contribution in [2.24, 2.45) is 0 Å². The molecule has 0 aliphatic heterocycles. The minimum atomic E-state index is -0.0104. The zero-order chi connectivity index (χ0) is 21.2. The first kappa shape index (κ1) is 21.4. The van der Waals surface area contributed by atoms with Gasteiger partial charge < -0.3 is 14.8 Å². The molecule has 1 aromatic heterocycles. The highest BCUT2D eigenvalue weighted by atomic mass is 16.5. The Morgan fingerprint density at radius 1 is 0.833 bits per heavy atom. The SMILES string of the molecule is CCOc1ccc(CCC(=O)Nc2ccc(Cc3ccncc3)cc2)cc1OCC. The molecule has 5 heteroatoms. The molecule has 0 atom stereocenters. The molecule has 2 aromatic carbocycles. The molecule has 0 aliphatic carbocycles. The molecule has 1 amide bonds. The Labute approximate surface area is 178 Å². The number of benzene rings is 2. The van der Waals surface area contributed by atoms with Crippen LogP contribution in [0.1, 0.15) is 37.0 Å². The lowest BCUT2D eigenvalue weighted by atomic mass is 10.1. The molecule has 0 bridgehead atoms. The lowest BCUT2D eigenvalue weighted by Gasteiger charge is -2.12. The summed E-state index contributed by atoms with van der Waals surface area (Å²) in [7, 11) is 0. The number of aryl methyl sites for hydroxylation is 1. The molecule has 0 saturated carbocycles. The molecule has 0 saturated heterocycles. The number of hydrogen-bond acceptors (Lipinski definition) is 4. The first-order valence-corrected chi connectivity index (χ1v) is 10.3. The number of carbonyl (C=O) groups excluding carboxylic acids is 1. The first-order valence-electron chi connectivity index (χ1n) is 10.3. The van der Waals surface area contributed by atoms with E-state index in [-0.39, 0.29) is 5.91 Å². The van der Waals surface area contributed by atoms with Gasteiger partial charge in [0.15, 0.2) is 11.5 Å². The molecule has 3 aromatic rings. The number of nitrogens with one attached hydrogen (secondary N) is 1. The van der Waals surface area contributed by atoms with Crippen LogP contribution < -0.4 is 14.8 Å². The molecule has 0 aliphatic rings. The monoisotopic (exact) mass is 404 g/mol. The van der Waals surface area contributed by atoms with Crippen LogP contribution in [0, 0.1) is 0 Å². The summed E-state index contributed by atoms with van der Waals surface area (Å²) in [6.07, 6.45) is 5.48. The van der Waals surface area contributed by atoms with Gasteiger partial charge in [-0.25, -0.2) is 0 Å². The van der Waals surface area contributed by atoms with E-state index in [2.05, 4.69) is 10.3 Å². The number of amides is 1. The molecule has 156 valence electrons. The van der Waals surface area contributed by atoms with Crippen molar-refractivity contribution in [3.8, 4) is 11.5 Å². The van der Waals surface area contributed by atoms with E-state index in [0.29, 0.717) is 26.1 Å². The first-order chi connectivity index (χ1) is 14.7. The lowest BCUT2D eigenvalue weighted by molar-refractivity contribution is -0.116. The third-order valence-electron chi connectivity index (χ3n) is 4.64. The van der Waals surface area contributed by atoms with Crippen molar-refractivity contribution >= 4 is 11.6 Å². The molecule has 0 unspecified atom stereocenters. The zero-order valence-electron chi connectivity index (χ0n) is 17.6. The molecule has 3 rings (SSSR count). The van der Waals surface area contributed by atoms with Crippen molar-refractivity contribution in [2.75, 3.05) is 18.5 Å². The smallest absolute Gasteiger partial charge is 0.224 e. The van der Waals surface area contributed by atoms with Gasteiger partial charge in [-0.15, -0.1) is 0 Å². The molecule has 30 heavy (non-hydrogen) atoms. The molecular formula is C25H28N2O3. The summed E-state index contributed by atoms with van der Waals surface area (Å²) in [5.41, 5.74) is 4.26. The van der Waals surface area contributed by atoms with Gasteiger partial charge >= 0.3 is 0 Å². The van der Waals surface area contributed by atoms with Crippen molar-refractivity contribution in [2.45, 2.75) is 33.1 Å². The lowest BCUT2D eigenvalue weighted by Crippen LogP contribution is -2.12. The molecule has 0 radical (unpaired) electrons. The Balaban J connectivity index is 1.52. The van der Waals surface area contributed by atoms with E-state index in [4.69, 9.17) is 9.47 Å². The topological polar surface area (TPSA) is 60.5 Å². The maximum atomic E-state index is 12.4. The average Bonchev–Trinajstić information content (AvgIpc) is 2.76. The van der Waals surface area contributed by atoms with Crippen LogP contribution in [0.4, 0.5) is 5.69 Å². The van der Waals surface area contributed by atoms with E-state index in [1.54, 1.807) is 12.4 Å². The molecule has 1 heterocycles. The van der Waals surface area contributed by atoms with Gasteiger partial charge in [-0.3, -0.25) is 9.78 Å². The van der Waals surface area contributed by atoms with Gasteiger partial charge in [0, 0.05) is 24.5 Å². The van der Waals surface area contributed by atoms with E-state index in [9.17, 15) is 4.79 Å². The number of aromatic nitrogens is 1. The van der Waals surface area contributed by atoms with E-state index in [1.165, 1.54) is 11.1 Å². The second-order valence-corrected chi connectivity index (χ2v) is 6.92. The summed E-state index contributed by atoms with van der Waals surface area (Å²) in [4.78, 5) is 16.4. The van der Waals surface area contributed by atoms with Crippen LogP contribution >= 0.6 is 0 Å². The average molecular weight is 405 g/mol. The van der Waals surface area contributed by atoms with Crippen molar-refractivity contribution in [3.63, 3.8) is 0 Å². The maximum Gasteiger partial charge on any atom is 0.224 e. The Morgan fingerprint density at radius 2 is 1.47 bits per heavy atom. The Hall–Kier alpha value is -3.34. The minimum absolute atomic E-state index is 0.0104. The van der Waals surface area contributed by atoms with Gasteiger partial charge in [-0.1, -0.05) is 18.2 Å². The van der Waals surface area contributed by atoms with Crippen LogP contribution in [0.2, 0.25) is 0 Å². The molecule has 1 N–H and O–H groups in total. The maximum absolute atomic E-state index is 12.4. The Bertz CT molecular complexity index is 940. The standard InChI is InChI=1S/C25H28N2O3/c1-3-29-23-11-7-20(18-24(23)30-4-2)8-12-25(28)27-22-9-5-19(6-10-22)17-21-13-15-26-16-14-21/h5-7,9-11,13-16,18H,3-4,8,12,17H2,1-2H3,(H,27,28). The predicted molar refractivity (Wildman–Crippen MR) is 119 cm³/mol. The molecular weight excluding hydrogens is 376 g/mol. The number of hydrogen-bond donors (Lipinski definition) is 1. The minimum Gasteiger partial charge on any atom is -0.490 e. The van der Waals surface area contributed by atoms with Crippen LogP contribution in [0.25, 0.3) is 0 Å². The summed E-state index contributed by atoms with van der Waals surface area (Å²) in [5.74, 6) is 1.45. The van der Waals surface area contributed by atoms with Crippen LogP contribution in [0.3, 0.4) is 0 Å². The van der Waals surface area contributed by atoms with Crippen molar-refractivity contribution in [3.05, 3.63) is 83.7 Å².